The smallest absolute Gasteiger partial charge is 0.116 e. The van der Waals surface area contributed by atoms with Crippen molar-refractivity contribution in [3.05, 3.63) is 36.4 Å². The molecule has 0 saturated carbocycles. The van der Waals surface area contributed by atoms with E-state index in [2.05, 4.69) is 11.5 Å². The van der Waals surface area contributed by atoms with Gasteiger partial charge in [-0.2, -0.15) is 0 Å². The van der Waals surface area contributed by atoms with Crippen LogP contribution in [0.25, 0.3) is 0 Å². The number of phenols is 1. The number of aromatic hydroxyl groups is 1. The highest BCUT2D eigenvalue weighted by molar-refractivity contribution is 5.60. The molecule has 0 bridgehead atoms. The zero-order valence-corrected chi connectivity index (χ0v) is 7.53. The van der Waals surface area contributed by atoms with Crippen LogP contribution < -0.4 is 4.90 Å². The molecule has 1 aliphatic rings. The maximum Gasteiger partial charge on any atom is 0.116 e. The molecule has 13 heavy (non-hydrogen) atoms. The molecule has 1 aliphatic heterocycles. The first kappa shape index (κ1) is 8.17. The lowest BCUT2D eigenvalue weighted by atomic mass is 10.1. The molecular formula is C11H13NO. The summed E-state index contributed by atoms with van der Waals surface area (Å²) in [6.45, 7) is 5.64. The molecule has 0 fully saturated rings. The molecule has 0 unspecified atom stereocenters. The van der Waals surface area contributed by atoms with E-state index in [1.165, 1.54) is 11.3 Å². The molecule has 0 radical (unpaired) electrons. The van der Waals surface area contributed by atoms with Gasteiger partial charge >= 0.3 is 0 Å². The van der Waals surface area contributed by atoms with Crippen molar-refractivity contribution in [2.75, 3.05) is 18.0 Å². The van der Waals surface area contributed by atoms with Crippen LogP contribution in [0.5, 0.6) is 5.75 Å². The largest absolute Gasteiger partial charge is 0.508 e. The minimum atomic E-state index is 0.360. The van der Waals surface area contributed by atoms with Gasteiger partial charge in [-0.3, -0.25) is 0 Å². The summed E-state index contributed by atoms with van der Waals surface area (Å²) in [5, 5.41) is 9.27. The molecule has 0 amide bonds. The van der Waals surface area contributed by atoms with E-state index in [1.54, 1.807) is 6.07 Å². The molecule has 0 atom stereocenters. The van der Waals surface area contributed by atoms with Crippen LogP contribution in [-0.2, 0) is 6.42 Å². The topological polar surface area (TPSA) is 23.5 Å². The van der Waals surface area contributed by atoms with Gasteiger partial charge in [0.25, 0.3) is 0 Å². The molecule has 2 nitrogen and oxygen atoms in total. The Kier molecular flexibility index (Phi) is 1.97. The van der Waals surface area contributed by atoms with Crippen molar-refractivity contribution in [2.24, 2.45) is 0 Å². The summed E-state index contributed by atoms with van der Waals surface area (Å²) >= 11 is 0. The lowest BCUT2D eigenvalue weighted by Crippen LogP contribution is -2.19. The van der Waals surface area contributed by atoms with Crippen molar-refractivity contribution < 1.29 is 5.11 Å². The lowest BCUT2D eigenvalue weighted by Gasteiger charge is -2.16. The average Bonchev–Trinajstić information content (AvgIpc) is 2.49. The summed E-state index contributed by atoms with van der Waals surface area (Å²) in [5.41, 5.74) is 2.47. The van der Waals surface area contributed by atoms with Gasteiger partial charge in [0.2, 0.25) is 0 Å². The Hall–Kier alpha value is -1.44. The summed E-state index contributed by atoms with van der Waals surface area (Å²) in [6, 6.07) is 5.56. The average molecular weight is 175 g/mol. The summed E-state index contributed by atoms with van der Waals surface area (Å²) in [6.07, 6.45) is 2.93. The summed E-state index contributed by atoms with van der Waals surface area (Å²) in [7, 11) is 0. The van der Waals surface area contributed by atoms with Crippen molar-refractivity contribution in [1.82, 2.24) is 0 Å². The van der Waals surface area contributed by atoms with Gasteiger partial charge in [0.15, 0.2) is 0 Å². The Balaban J connectivity index is 2.32. The number of rotatable bonds is 2. The number of hydrogen-bond acceptors (Lipinski definition) is 2. The third-order valence-electron chi connectivity index (χ3n) is 2.40. The van der Waals surface area contributed by atoms with Gasteiger partial charge in [-0.15, -0.1) is 6.58 Å². The first-order valence-electron chi connectivity index (χ1n) is 4.49. The Labute approximate surface area is 78.1 Å². The second kappa shape index (κ2) is 3.13. The van der Waals surface area contributed by atoms with Crippen molar-refractivity contribution in [3.8, 4) is 5.75 Å². The standard InChI is InChI=1S/C11H13NO/c1-2-6-12-7-5-9-8-10(13)3-4-11(9)12/h2-4,8,13H,1,5-7H2. The van der Waals surface area contributed by atoms with Gasteiger partial charge in [-0.05, 0) is 30.2 Å². The summed E-state index contributed by atoms with van der Waals surface area (Å²) < 4.78 is 0. The molecule has 0 spiro atoms. The zero-order chi connectivity index (χ0) is 9.26. The molecule has 2 heteroatoms. The highest BCUT2D eigenvalue weighted by Crippen LogP contribution is 2.30. The highest BCUT2D eigenvalue weighted by atomic mass is 16.3. The van der Waals surface area contributed by atoms with Gasteiger partial charge in [0.1, 0.15) is 5.75 Å². The van der Waals surface area contributed by atoms with E-state index in [-0.39, 0.29) is 0 Å². The van der Waals surface area contributed by atoms with E-state index < -0.39 is 0 Å². The molecule has 0 aliphatic carbocycles. The zero-order valence-electron chi connectivity index (χ0n) is 7.53. The fraction of sp³-hybridized carbons (Fsp3) is 0.273. The second-order valence-electron chi connectivity index (χ2n) is 3.30. The van der Waals surface area contributed by atoms with Crippen LogP contribution in [-0.4, -0.2) is 18.2 Å². The Morgan fingerprint density at radius 2 is 2.38 bits per heavy atom. The molecule has 1 aromatic carbocycles. The molecule has 0 aromatic heterocycles. The van der Waals surface area contributed by atoms with E-state index in [0.29, 0.717) is 5.75 Å². The minimum absolute atomic E-state index is 0.360. The van der Waals surface area contributed by atoms with Gasteiger partial charge in [-0.1, -0.05) is 6.08 Å². The lowest BCUT2D eigenvalue weighted by molar-refractivity contribution is 0.475. The van der Waals surface area contributed by atoms with E-state index in [0.717, 1.165) is 19.5 Å². The first-order chi connectivity index (χ1) is 6.31. The molecule has 0 saturated heterocycles. The number of fused-ring (bicyclic) bond motifs is 1. The first-order valence-corrected chi connectivity index (χ1v) is 4.49. The number of nitrogens with zero attached hydrogens (tertiary/aromatic N) is 1. The van der Waals surface area contributed by atoms with Gasteiger partial charge < -0.3 is 10.0 Å². The molecule has 1 heterocycles. The van der Waals surface area contributed by atoms with E-state index in [9.17, 15) is 5.11 Å². The second-order valence-corrected chi connectivity index (χ2v) is 3.30. The fourth-order valence-corrected chi connectivity index (χ4v) is 1.80. The molecule has 2 rings (SSSR count). The normalized spacial score (nSPS) is 14.3. The monoisotopic (exact) mass is 175 g/mol. The van der Waals surface area contributed by atoms with Crippen LogP contribution in [0, 0.1) is 0 Å². The van der Waals surface area contributed by atoms with Crippen LogP contribution in [0.3, 0.4) is 0 Å². The predicted molar refractivity (Wildman–Crippen MR) is 54.2 cm³/mol. The number of benzene rings is 1. The third kappa shape index (κ3) is 1.39. The maximum absolute atomic E-state index is 9.27. The van der Waals surface area contributed by atoms with E-state index >= 15 is 0 Å². The third-order valence-corrected chi connectivity index (χ3v) is 2.40. The van der Waals surface area contributed by atoms with Crippen LogP contribution in [0.15, 0.2) is 30.9 Å². The minimum Gasteiger partial charge on any atom is -0.508 e. The number of phenolic OH excluding ortho intramolecular Hbond substituents is 1. The van der Waals surface area contributed by atoms with Crippen LogP contribution in [0.4, 0.5) is 5.69 Å². The predicted octanol–water partition coefficient (Wildman–Crippen LogP) is 1.94. The Morgan fingerprint density at radius 3 is 3.15 bits per heavy atom. The van der Waals surface area contributed by atoms with E-state index in [4.69, 9.17) is 0 Å². The van der Waals surface area contributed by atoms with Gasteiger partial charge in [0.05, 0.1) is 0 Å². The van der Waals surface area contributed by atoms with Crippen molar-refractivity contribution in [2.45, 2.75) is 6.42 Å². The number of anilines is 1. The van der Waals surface area contributed by atoms with Crippen molar-refractivity contribution in [3.63, 3.8) is 0 Å². The van der Waals surface area contributed by atoms with Crippen LogP contribution in [0.1, 0.15) is 5.56 Å². The fourth-order valence-electron chi connectivity index (χ4n) is 1.80. The van der Waals surface area contributed by atoms with Gasteiger partial charge in [-0.25, -0.2) is 0 Å². The Morgan fingerprint density at radius 1 is 1.54 bits per heavy atom. The quantitative estimate of drug-likeness (QED) is 0.694. The van der Waals surface area contributed by atoms with Crippen molar-refractivity contribution >= 4 is 5.69 Å². The maximum atomic E-state index is 9.27. The highest BCUT2D eigenvalue weighted by Gasteiger charge is 2.17. The summed E-state index contributed by atoms with van der Waals surface area (Å²) in [5.74, 6) is 0.360. The SMILES string of the molecule is C=CCN1CCc2cc(O)ccc21. The molecule has 1 aromatic rings. The van der Waals surface area contributed by atoms with E-state index in [1.807, 2.05) is 18.2 Å². The Bertz CT molecular complexity index is 333. The van der Waals surface area contributed by atoms with Crippen LogP contribution >= 0.6 is 0 Å². The van der Waals surface area contributed by atoms with Crippen molar-refractivity contribution in [1.29, 1.82) is 0 Å². The summed E-state index contributed by atoms with van der Waals surface area (Å²) in [4.78, 5) is 2.27. The molecule has 68 valence electrons. The number of hydrogen-bond donors (Lipinski definition) is 1. The molecule has 1 N–H and O–H groups in total. The van der Waals surface area contributed by atoms with Gasteiger partial charge in [0, 0.05) is 18.8 Å². The molecular weight excluding hydrogens is 162 g/mol. The van der Waals surface area contributed by atoms with Crippen LogP contribution in [0.2, 0.25) is 0 Å².